The Bertz CT molecular complexity index is 47.6. The fourth-order valence-corrected chi connectivity index (χ4v) is 0. The van der Waals surface area contributed by atoms with Gasteiger partial charge in [-0.3, -0.25) is 0 Å². The first kappa shape index (κ1) is 9.02. The van der Waals surface area contributed by atoms with Gasteiger partial charge in [0.1, 0.15) is 0 Å². The van der Waals surface area contributed by atoms with Crippen molar-refractivity contribution in [2.45, 2.75) is 0 Å². The molecule has 0 N–H and O–H groups in total. The number of hydrogen-bond acceptors (Lipinski definition) is 2. The molecule has 5 heavy (non-hydrogen) atoms. The Morgan fingerprint density at radius 2 is 2.00 bits per heavy atom. The SMILES string of the molecule is [CH2-]N=C=O.[Y]. The van der Waals surface area contributed by atoms with Gasteiger partial charge in [-0.25, -0.2) is 0 Å². The number of hydrogen-bond donors (Lipinski definition) is 0. The van der Waals surface area contributed by atoms with Crippen LogP contribution in [-0.2, 0) is 37.5 Å². The molecule has 0 saturated carbocycles. The van der Waals surface area contributed by atoms with Gasteiger partial charge in [0.15, 0.2) is 0 Å². The quantitative estimate of drug-likeness (QED) is 0.270. The smallest absolute Gasteiger partial charge is 0 e. The van der Waals surface area contributed by atoms with E-state index in [1.807, 2.05) is 0 Å². The van der Waals surface area contributed by atoms with E-state index in [-0.39, 0.29) is 32.7 Å². The van der Waals surface area contributed by atoms with E-state index in [0.717, 1.165) is 0 Å². The van der Waals surface area contributed by atoms with Crippen molar-refractivity contribution in [1.29, 1.82) is 0 Å². The fraction of sp³-hybridized carbons (Fsp3) is 0. The predicted octanol–water partition coefficient (Wildman–Crippen LogP) is 0.111. The van der Waals surface area contributed by atoms with Crippen LogP contribution in [0.1, 0.15) is 0 Å². The van der Waals surface area contributed by atoms with E-state index < -0.39 is 0 Å². The Labute approximate surface area is 55.5 Å². The van der Waals surface area contributed by atoms with Crippen molar-refractivity contribution in [3.05, 3.63) is 7.05 Å². The molecule has 0 aromatic carbocycles. The summed E-state index contributed by atoms with van der Waals surface area (Å²) >= 11 is 0. The van der Waals surface area contributed by atoms with E-state index >= 15 is 0 Å². The Morgan fingerprint density at radius 3 is 2.00 bits per heavy atom. The maximum atomic E-state index is 8.82. The van der Waals surface area contributed by atoms with Crippen LogP contribution in [0.3, 0.4) is 0 Å². The summed E-state index contributed by atoms with van der Waals surface area (Å²) in [6.45, 7) is 0. The van der Waals surface area contributed by atoms with Crippen molar-refractivity contribution >= 4 is 6.08 Å². The van der Waals surface area contributed by atoms with Gasteiger partial charge in [0, 0.05) is 32.7 Å². The predicted molar refractivity (Wildman–Crippen MR) is 13.5 cm³/mol. The molecule has 0 rings (SSSR count). The molecule has 0 amide bonds. The first-order valence-corrected chi connectivity index (χ1v) is 0.744. The molecule has 0 atom stereocenters. The van der Waals surface area contributed by atoms with Gasteiger partial charge in [-0.05, 0) is 6.08 Å². The van der Waals surface area contributed by atoms with Crippen LogP contribution in [0.5, 0.6) is 0 Å². The van der Waals surface area contributed by atoms with E-state index in [4.69, 9.17) is 4.79 Å². The summed E-state index contributed by atoms with van der Waals surface area (Å²) in [5, 5.41) is 0. The van der Waals surface area contributed by atoms with Crippen LogP contribution in [0.25, 0.3) is 0 Å². The number of aliphatic imine (C=N–C) groups is 1. The second-order valence-electron chi connectivity index (χ2n) is 0.249. The topological polar surface area (TPSA) is 29.4 Å². The zero-order valence-electron chi connectivity index (χ0n) is 2.64. The Hall–Kier alpha value is 0.354. The zero-order valence-corrected chi connectivity index (χ0v) is 5.48. The largest absolute Gasteiger partial charge is 0.389 e. The third kappa shape index (κ3) is 13.2. The minimum atomic E-state index is 0. The van der Waals surface area contributed by atoms with Crippen molar-refractivity contribution in [3.63, 3.8) is 0 Å². The van der Waals surface area contributed by atoms with Gasteiger partial charge in [-0.2, -0.15) is 7.05 Å². The van der Waals surface area contributed by atoms with Gasteiger partial charge >= 0.3 is 0 Å². The van der Waals surface area contributed by atoms with Crippen LogP contribution in [-0.4, -0.2) is 6.08 Å². The molecule has 0 aliphatic heterocycles. The molecule has 25 valence electrons. The summed E-state index contributed by atoms with van der Waals surface area (Å²) in [7, 11) is 2.81. The van der Waals surface area contributed by atoms with Gasteiger partial charge < -0.3 is 9.79 Å². The molecule has 3 heteroatoms. The molecule has 0 heterocycles. The van der Waals surface area contributed by atoms with Crippen LogP contribution >= 0.6 is 0 Å². The van der Waals surface area contributed by atoms with Gasteiger partial charge in [0.2, 0.25) is 0 Å². The third-order valence-electron chi connectivity index (χ3n) is 0.0645. The monoisotopic (exact) mass is 145 g/mol. The Kier molecular flexibility index (Phi) is 15.9. The summed E-state index contributed by atoms with van der Waals surface area (Å²) < 4.78 is 0. The molecular formula is C2H2NOY-. The van der Waals surface area contributed by atoms with Crippen LogP contribution in [0.2, 0.25) is 0 Å². The van der Waals surface area contributed by atoms with E-state index in [9.17, 15) is 0 Å². The average Bonchev–Trinajstić information content (AvgIpc) is 1.37. The van der Waals surface area contributed by atoms with Crippen LogP contribution in [0.15, 0.2) is 4.99 Å². The van der Waals surface area contributed by atoms with Crippen molar-refractivity contribution in [3.8, 4) is 0 Å². The fourth-order valence-electron chi connectivity index (χ4n) is 0. The van der Waals surface area contributed by atoms with E-state index in [1.165, 1.54) is 6.08 Å². The minimum Gasteiger partial charge on any atom is -0.389 e. The summed E-state index contributed by atoms with van der Waals surface area (Å²) in [4.78, 5) is 11.5. The zero-order chi connectivity index (χ0) is 3.41. The molecular weight excluding hydrogens is 143 g/mol. The van der Waals surface area contributed by atoms with E-state index in [2.05, 4.69) is 12.0 Å². The van der Waals surface area contributed by atoms with Crippen LogP contribution < -0.4 is 0 Å². The molecule has 0 spiro atoms. The maximum absolute atomic E-state index is 8.82. The molecule has 1 radical (unpaired) electrons. The standard InChI is InChI=1S/C2H2NO.Y/c1-3-2-4;/h1H2;/q-1;. The van der Waals surface area contributed by atoms with Gasteiger partial charge in [0.05, 0.1) is 0 Å². The minimum absolute atomic E-state index is 0. The van der Waals surface area contributed by atoms with Gasteiger partial charge in [0.25, 0.3) is 0 Å². The van der Waals surface area contributed by atoms with Crippen molar-refractivity contribution in [2.75, 3.05) is 0 Å². The molecule has 0 aliphatic carbocycles. The molecule has 0 unspecified atom stereocenters. The van der Waals surface area contributed by atoms with Crippen molar-refractivity contribution in [2.24, 2.45) is 4.99 Å². The van der Waals surface area contributed by atoms with Crippen molar-refractivity contribution < 1.29 is 37.5 Å². The summed E-state index contributed by atoms with van der Waals surface area (Å²) in [5.41, 5.74) is 0. The summed E-state index contributed by atoms with van der Waals surface area (Å²) in [6.07, 6.45) is 1.19. The molecule has 0 aliphatic rings. The maximum Gasteiger partial charge on any atom is 0 e. The second-order valence-corrected chi connectivity index (χ2v) is 0.249. The van der Waals surface area contributed by atoms with Crippen molar-refractivity contribution in [1.82, 2.24) is 0 Å². The van der Waals surface area contributed by atoms with E-state index in [1.54, 1.807) is 0 Å². The molecule has 0 saturated heterocycles. The number of isocyanates is 1. The molecule has 2 nitrogen and oxygen atoms in total. The molecule has 0 aromatic heterocycles. The Morgan fingerprint density at radius 1 is 1.80 bits per heavy atom. The number of rotatable bonds is 0. The van der Waals surface area contributed by atoms with Crippen LogP contribution in [0, 0.1) is 7.05 Å². The summed E-state index contributed by atoms with van der Waals surface area (Å²) in [6, 6.07) is 0. The average molecular weight is 145 g/mol. The van der Waals surface area contributed by atoms with Gasteiger partial charge in [-0.15, -0.1) is 0 Å². The second kappa shape index (κ2) is 8.84. The Balaban J connectivity index is 0. The molecule has 0 fully saturated rings. The van der Waals surface area contributed by atoms with Crippen LogP contribution in [0.4, 0.5) is 0 Å². The number of nitrogens with zero attached hydrogens (tertiary/aromatic N) is 1. The normalized spacial score (nSPS) is 3.20. The van der Waals surface area contributed by atoms with E-state index in [0.29, 0.717) is 0 Å². The third-order valence-corrected chi connectivity index (χ3v) is 0.0645. The first-order chi connectivity index (χ1) is 1.91. The first-order valence-electron chi connectivity index (χ1n) is 0.744. The molecule has 0 bridgehead atoms. The molecule has 0 aromatic rings. The summed E-state index contributed by atoms with van der Waals surface area (Å²) in [5.74, 6) is 0. The van der Waals surface area contributed by atoms with Gasteiger partial charge in [-0.1, -0.05) is 0 Å². The number of carbonyl (C=O) groups excluding carboxylic acids is 1.